The van der Waals surface area contributed by atoms with Crippen LogP contribution in [-0.2, 0) is 0 Å². The van der Waals surface area contributed by atoms with Gasteiger partial charge in [0, 0.05) is 11.9 Å². The molecule has 28 heavy (non-hydrogen) atoms. The van der Waals surface area contributed by atoms with Gasteiger partial charge in [-0.2, -0.15) is 0 Å². The Labute approximate surface area is 168 Å². The van der Waals surface area contributed by atoms with Gasteiger partial charge in [0.05, 0.1) is 17.3 Å². The summed E-state index contributed by atoms with van der Waals surface area (Å²) >= 11 is 6.32. The van der Waals surface area contributed by atoms with Crippen molar-refractivity contribution in [2.24, 2.45) is 0 Å². The first kappa shape index (κ1) is 19.6. The molecule has 0 atom stereocenters. The van der Waals surface area contributed by atoms with Crippen LogP contribution in [0, 0.1) is 13.8 Å². The number of nitrogens with zero attached hydrogens (tertiary/aromatic N) is 2. The second kappa shape index (κ2) is 8.71. The molecule has 3 rings (SSSR count). The van der Waals surface area contributed by atoms with E-state index in [2.05, 4.69) is 20.6 Å². The molecule has 144 valence electrons. The van der Waals surface area contributed by atoms with Crippen LogP contribution < -0.4 is 15.4 Å². The minimum atomic E-state index is -0.332. The molecule has 3 aromatic rings. The molecule has 0 aliphatic carbocycles. The smallest absolute Gasteiger partial charge is 0.274 e. The molecular formula is C21H21ClN4O2. The quantitative estimate of drug-likeness (QED) is 0.603. The van der Waals surface area contributed by atoms with E-state index in [1.807, 2.05) is 32.9 Å². The molecule has 1 aromatic heterocycles. The van der Waals surface area contributed by atoms with Gasteiger partial charge in [-0.25, -0.2) is 9.97 Å². The number of halogens is 1. The molecular weight excluding hydrogens is 376 g/mol. The van der Waals surface area contributed by atoms with Crippen molar-refractivity contribution >= 4 is 34.8 Å². The Morgan fingerprint density at radius 3 is 2.57 bits per heavy atom. The summed E-state index contributed by atoms with van der Waals surface area (Å²) in [6.07, 6.45) is 1.53. The Hall–Kier alpha value is -3.12. The van der Waals surface area contributed by atoms with Crippen LogP contribution in [0.4, 0.5) is 17.3 Å². The zero-order chi connectivity index (χ0) is 20.1. The first-order chi connectivity index (χ1) is 13.5. The first-order valence-electron chi connectivity index (χ1n) is 8.87. The monoisotopic (exact) mass is 396 g/mol. The fourth-order valence-electron chi connectivity index (χ4n) is 2.73. The van der Waals surface area contributed by atoms with Gasteiger partial charge < -0.3 is 15.4 Å². The molecule has 0 aliphatic heterocycles. The highest BCUT2D eigenvalue weighted by molar-refractivity contribution is 6.33. The van der Waals surface area contributed by atoms with Crippen LogP contribution >= 0.6 is 11.6 Å². The van der Waals surface area contributed by atoms with Crippen molar-refractivity contribution in [3.63, 3.8) is 0 Å². The highest BCUT2D eigenvalue weighted by Gasteiger charge is 2.12. The summed E-state index contributed by atoms with van der Waals surface area (Å²) < 4.78 is 5.40. The molecule has 2 aromatic carbocycles. The molecule has 1 heterocycles. The van der Waals surface area contributed by atoms with Crippen LogP contribution in [0.2, 0.25) is 5.02 Å². The maximum Gasteiger partial charge on any atom is 0.274 e. The van der Waals surface area contributed by atoms with Gasteiger partial charge >= 0.3 is 0 Å². The Morgan fingerprint density at radius 2 is 1.89 bits per heavy atom. The SMILES string of the molecule is CCOc1ccc(NC(=O)c2ccnc(Nc3c(C)cc(C)cc3Cl)n2)cc1. The van der Waals surface area contributed by atoms with Gasteiger partial charge in [0.2, 0.25) is 5.95 Å². The third-order valence-corrected chi connectivity index (χ3v) is 4.28. The maximum absolute atomic E-state index is 12.5. The summed E-state index contributed by atoms with van der Waals surface area (Å²) in [6.45, 7) is 6.43. The van der Waals surface area contributed by atoms with Crippen molar-refractivity contribution in [2.75, 3.05) is 17.2 Å². The number of rotatable bonds is 6. The summed E-state index contributed by atoms with van der Waals surface area (Å²) in [4.78, 5) is 21.0. The largest absolute Gasteiger partial charge is 0.494 e. The third-order valence-electron chi connectivity index (χ3n) is 3.98. The number of hydrogen-bond donors (Lipinski definition) is 2. The fourth-order valence-corrected chi connectivity index (χ4v) is 3.10. The van der Waals surface area contributed by atoms with Crippen molar-refractivity contribution in [3.8, 4) is 5.75 Å². The molecule has 2 N–H and O–H groups in total. The van der Waals surface area contributed by atoms with E-state index >= 15 is 0 Å². The highest BCUT2D eigenvalue weighted by atomic mass is 35.5. The molecule has 0 unspecified atom stereocenters. The van der Waals surface area contributed by atoms with E-state index in [0.29, 0.717) is 23.3 Å². The zero-order valence-corrected chi connectivity index (χ0v) is 16.7. The van der Waals surface area contributed by atoms with Gasteiger partial charge in [-0.15, -0.1) is 0 Å². The molecule has 0 fully saturated rings. The summed E-state index contributed by atoms with van der Waals surface area (Å²) in [5.41, 5.74) is 3.65. The van der Waals surface area contributed by atoms with Gasteiger partial charge in [-0.05, 0) is 68.3 Å². The van der Waals surface area contributed by atoms with Crippen molar-refractivity contribution in [1.82, 2.24) is 9.97 Å². The number of carbonyl (C=O) groups excluding carboxylic acids is 1. The topological polar surface area (TPSA) is 76.1 Å². The number of benzene rings is 2. The molecule has 0 saturated heterocycles. The van der Waals surface area contributed by atoms with E-state index in [-0.39, 0.29) is 11.6 Å². The number of hydrogen-bond acceptors (Lipinski definition) is 5. The average molecular weight is 397 g/mol. The number of aryl methyl sites for hydroxylation is 2. The van der Waals surface area contributed by atoms with E-state index in [1.165, 1.54) is 6.20 Å². The number of anilines is 3. The Kier molecular flexibility index (Phi) is 6.11. The van der Waals surface area contributed by atoms with E-state index in [9.17, 15) is 4.79 Å². The molecule has 0 radical (unpaired) electrons. The Morgan fingerprint density at radius 1 is 1.14 bits per heavy atom. The van der Waals surface area contributed by atoms with Crippen LogP contribution in [0.25, 0.3) is 0 Å². The van der Waals surface area contributed by atoms with Gasteiger partial charge in [0.1, 0.15) is 11.4 Å². The van der Waals surface area contributed by atoms with Crippen LogP contribution in [0.3, 0.4) is 0 Å². The number of ether oxygens (including phenoxy) is 1. The van der Waals surface area contributed by atoms with Crippen molar-refractivity contribution in [3.05, 3.63) is 70.5 Å². The molecule has 0 saturated carbocycles. The third kappa shape index (κ3) is 4.78. The summed E-state index contributed by atoms with van der Waals surface area (Å²) in [6, 6.07) is 12.6. The van der Waals surface area contributed by atoms with Crippen molar-refractivity contribution < 1.29 is 9.53 Å². The number of amides is 1. The first-order valence-corrected chi connectivity index (χ1v) is 9.25. The van der Waals surface area contributed by atoms with E-state index < -0.39 is 0 Å². The normalized spacial score (nSPS) is 10.4. The molecule has 0 aliphatic rings. The predicted octanol–water partition coefficient (Wildman–Crippen LogP) is 5.14. The molecule has 7 heteroatoms. The van der Waals surface area contributed by atoms with E-state index in [0.717, 1.165) is 22.6 Å². The highest BCUT2D eigenvalue weighted by Crippen LogP contribution is 2.29. The summed E-state index contributed by atoms with van der Waals surface area (Å²) in [5.74, 6) is 0.717. The van der Waals surface area contributed by atoms with Crippen LogP contribution in [0.15, 0.2) is 48.7 Å². The number of carbonyl (C=O) groups is 1. The number of nitrogens with one attached hydrogen (secondary N) is 2. The van der Waals surface area contributed by atoms with E-state index in [4.69, 9.17) is 16.3 Å². The zero-order valence-electron chi connectivity index (χ0n) is 15.9. The van der Waals surface area contributed by atoms with Gasteiger partial charge in [0.15, 0.2) is 0 Å². The molecule has 6 nitrogen and oxygen atoms in total. The second-order valence-corrected chi connectivity index (χ2v) is 6.65. The maximum atomic E-state index is 12.5. The van der Waals surface area contributed by atoms with E-state index in [1.54, 1.807) is 30.3 Å². The second-order valence-electron chi connectivity index (χ2n) is 6.24. The summed E-state index contributed by atoms with van der Waals surface area (Å²) in [5, 5.41) is 6.48. The van der Waals surface area contributed by atoms with Crippen LogP contribution in [0.1, 0.15) is 28.5 Å². The van der Waals surface area contributed by atoms with Gasteiger partial charge in [-0.3, -0.25) is 4.79 Å². The lowest BCUT2D eigenvalue weighted by Crippen LogP contribution is -2.14. The van der Waals surface area contributed by atoms with Crippen molar-refractivity contribution in [1.29, 1.82) is 0 Å². The predicted molar refractivity (Wildman–Crippen MR) is 112 cm³/mol. The standard InChI is InChI=1S/C21H21ClN4O2/c1-4-28-16-7-5-15(6-8-16)24-20(27)18-9-10-23-21(25-18)26-19-14(3)11-13(2)12-17(19)22/h5-12H,4H2,1-3H3,(H,24,27)(H,23,25,26). The van der Waals surface area contributed by atoms with Gasteiger partial charge in [-0.1, -0.05) is 17.7 Å². The van der Waals surface area contributed by atoms with Crippen LogP contribution in [0.5, 0.6) is 5.75 Å². The molecule has 0 spiro atoms. The molecule has 0 bridgehead atoms. The lowest BCUT2D eigenvalue weighted by molar-refractivity contribution is 0.102. The van der Waals surface area contributed by atoms with Gasteiger partial charge in [0.25, 0.3) is 5.91 Å². The lowest BCUT2D eigenvalue weighted by atomic mass is 10.1. The van der Waals surface area contributed by atoms with Crippen molar-refractivity contribution in [2.45, 2.75) is 20.8 Å². The minimum absolute atomic E-state index is 0.243. The Balaban J connectivity index is 1.74. The number of aromatic nitrogens is 2. The molecule has 1 amide bonds. The lowest BCUT2D eigenvalue weighted by Gasteiger charge is -2.12. The summed E-state index contributed by atoms with van der Waals surface area (Å²) in [7, 11) is 0. The van der Waals surface area contributed by atoms with Crippen LogP contribution in [-0.4, -0.2) is 22.5 Å². The fraction of sp³-hybridized carbons (Fsp3) is 0.190. The minimum Gasteiger partial charge on any atom is -0.494 e. The average Bonchev–Trinajstić information content (AvgIpc) is 2.66. The Bertz CT molecular complexity index is 967.